The van der Waals surface area contributed by atoms with Crippen LogP contribution in [0, 0.1) is 6.92 Å². The monoisotopic (exact) mass is 261 g/mol. The Morgan fingerprint density at radius 3 is 2.68 bits per heavy atom. The third-order valence-electron chi connectivity index (χ3n) is 3.36. The van der Waals surface area contributed by atoms with Crippen molar-refractivity contribution in [2.75, 3.05) is 30.9 Å². The van der Waals surface area contributed by atoms with Crippen LogP contribution in [0.3, 0.4) is 0 Å². The van der Waals surface area contributed by atoms with Crippen LogP contribution in [0.1, 0.15) is 24.8 Å². The Morgan fingerprint density at radius 2 is 2.11 bits per heavy atom. The van der Waals surface area contributed by atoms with Gasteiger partial charge in [0.1, 0.15) is 0 Å². The lowest BCUT2D eigenvalue weighted by Gasteiger charge is -2.15. The van der Waals surface area contributed by atoms with Crippen molar-refractivity contribution in [3.8, 4) is 0 Å². The van der Waals surface area contributed by atoms with Crippen molar-refractivity contribution < 1.29 is 4.79 Å². The molecule has 1 saturated carbocycles. The number of anilines is 2. The highest BCUT2D eigenvalue weighted by molar-refractivity contribution is 5.91. The van der Waals surface area contributed by atoms with Crippen LogP contribution in [0.25, 0.3) is 0 Å². The molecule has 0 radical (unpaired) electrons. The van der Waals surface area contributed by atoms with E-state index >= 15 is 0 Å². The average molecular weight is 261 g/mol. The molecule has 1 aliphatic rings. The molecule has 4 nitrogen and oxygen atoms in total. The van der Waals surface area contributed by atoms with Crippen molar-refractivity contribution in [2.45, 2.75) is 32.2 Å². The van der Waals surface area contributed by atoms with Crippen LogP contribution in [-0.4, -0.2) is 32.6 Å². The van der Waals surface area contributed by atoms with E-state index in [0.717, 1.165) is 23.5 Å². The molecule has 1 fully saturated rings. The van der Waals surface area contributed by atoms with E-state index in [1.165, 1.54) is 12.8 Å². The Morgan fingerprint density at radius 1 is 1.37 bits per heavy atom. The predicted molar refractivity (Wildman–Crippen MR) is 79.8 cm³/mol. The zero-order chi connectivity index (χ0) is 13.8. The van der Waals surface area contributed by atoms with E-state index in [1.807, 2.05) is 33.2 Å². The van der Waals surface area contributed by atoms with Crippen molar-refractivity contribution in [1.82, 2.24) is 5.32 Å². The molecule has 0 spiro atoms. The molecule has 1 aliphatic carbocycles. The normalized spacial score (nSPS) is 14.3. The zero-order valence-corrected chi connectivity index (χ0v) is 12.0. The van der Waals surface area contributed by atoms with Gasteiger partial charge in [-0.2, -0.15) is 0 Å². The molecule has 2 rings (SSSR count). The largest absolute Gasteiger partial charge is 0.378 e. The highest BCUT2D eigenvalue weighted by Gasteiger charge is 2.20. The quantitative estimate of drug-likeness (QED) is 0.824. The highest BCUT2D eigenvalue weighted by atomic mass is 16.1. The van der Waals surface area contributed by atoms with E-state index in [-0.39, 0.29) is 5.91 Å². The topological polar surface area (TPSA) is 44.4 Å². The lowest BCUT2D eigenvalue weighted by Crippen LogP contribution is -2.23. The summed E-state index contributed by atoms with van der Waals surface area (Å²) in [5, 5.41) is 6.32. The van der Waals surface area contributed by atoms with E-state index in [2.05, 4.69) is 21.6 Å². The molecule has 4 heteroatoms. The number of hydrogen-bond donors (Lipinski definition) is 2. The van der Waals surface area contributed by atoms with Crippen molar-refractivity contribution in [1.29, 1.82) is 0 Å². The molecule has 0 unspecified atom stereocenters. The molecule has 0 heterocycles. The third-order valence-corrected chi connectivity index (χ3v) is 3.36. The van der Waals surface area contributed by atoms with Gasteiger partial charge in [-0.05, 0) is 43.5 Å². The number of aryl methyl sites for hydroxylation is 1. The van der Waals surface area contributed by atoms with Gasteiger partial charge >= 0.3 is 0 Å². The van der Waals surface area contributed by atoms with Crippen LogP contribution in [-0.2, 0) is 4.79 Å². The number of nitrogens with one attached hydrogen (secondary N) is 2. The number of amides is 1. The van der Waals surface area contributed by atoms with Crippen LogP contribution < -0.4 is 15.5 Å². The molecule has 1 aromatic carbocycles. The zero-order valence-electron chi connectivity index (χ0n) is 12.0. The molecule has 19 heavy (non-hydrogen) atoms. The summed E-state index contributed by atoms with van der Waals surface area (Å²) in [4.78, 5) is 13.9. The fourth-order valence-electron chi connectivity index (χ4n) is 1.96. The summed E-state index contributed by atoms with van der Waals surface area (Å²) in [5.74, 6) is 0.0776. The van der Waals surface area contributed by atoms with Crippen molar-refractivity contribution in [3.63, 3.8) is 0 Å². The fraction of sp³-hybridized carbons (Fsp3) is 0.533. The maximum Gasteiger partial charge on any atom is 0.225 e. The number of nitrogens with zero attached hydrogens (tertiary/aromatic N) is 1. The first kappa shape index (κ1) is 13.9. The second kappa shape index (κ2) is 6.06. The van der Waals surface area contributed by atoms with E-state index in [9.17, 15) is 4.79 Å². The Hall–Kier alpha value is -1.55. The molecule has 1 amide bonds. The summed E-state index contributed by atoms with van der Waals surface area (Å²) in [6.45, 7) is 2.79. The van der Waals surface area contributed by atoms with Gasteiger partial charge in [-0.3, -0.25) is 4.79 Å². The Balaban J connectivity index is 1.85. The second-order valence-corrected chi connectivity index (χ2v) is 5.42. The van der Waals surface area contributed by atoms with E-state index < -0.39 is 0 Å². The van der Waals surface area contributed by atoms with Gasteiger partial charge in [0.2, 0.25) is 5.91 Å². The first-order valence-electron chi connectivity index (χ1n) is 6.87. The molecule has 104 valence electrons. The Labute approximate surface area is 115 Å². The standard InChI is InChI=1S/C15H23N3O/c1-11-10-13(18(2)3)6-7-14(11)17-15(19)8-9-16-12-4-5-12/h6-7,10,12,16H,4-5,8-9H2,1-3H3,(H,17,19). The second-order valence-electron chi connectivity index (χ2n) is 5.42. The molecular weight excluding hydrogens is 238 g/mol. The lowest BCUT2D eigenvalue weighted by atomic mass is 10.1. The van der Waals surface area contributed by atoms with Crippen LogP contribution in [0.4, 0.5) is 11.4 Å². The van der Waals surface area contributed by atoms with Crippen molar-refractivity contribution >= 4 is 17.3 Å². The van der Waals surface area contributed by atoms with Crippen LogP contribution in [0.2, 0.25) is 0 Å². The number of carbonyl (C=O) groups excluding carboxylic acids is 1. The SMILES string of the molecule is Cc1cc(N(C)C)ccc1NC(=O)CCNC1CC1. The number of rotatable bonds is 6. The molecule has 0 aliphatic heterocycles. The highest BCUT2D eigenvalue weighted by Crippen LogP contribution is 2.21. The molecule has 1 aromatic rings. The first-order chi connectivity index (χ1) is 9.06. The molecular formula is C15H23N3O. The molecule has 0 bridgehead atoms. The van der Waals surface area contributed by atoms with Crippen molar-refractivity contribution in [2.24, 2.45) is 0 Å². The minimum atomic E-state index is 0.0776. The predicted octanol–water partition coefficient (Wildman–Crippen LogP) is 2.14. The summed E-state index contributed by atoms with van der Waals surface area (Å²) in [5.41, 5.74) is 3.14. The van der Waals surface area contributed by atoms with Crippen LogP contribution in [0.15, 0.2) is 18.2 Å². The minimum absolute atomic E-state index is 0.0776. The Bertz CT molecular complexity index is 453. The van der Waals surface area contributed by atoms with Gasteiger partial charge in [0.05, 0.1) is 0 Å². The maximum atomic E-state index is 11.8. The lowest BCUT2D eigenvalue weighted by molar-refractivity contribution is -0.116. The smallest absolute Gasteiger partial charge is 0.225 e. The molecule has 0 saturated heterocycles. The van der Waals surface area contributed by atoms with Gasteiger partial charge in [-0.25, -0.2) is 0 Å². The molecule has 2 N–H and O–H groups in total. The summed E-state index contributed by atoms with van der Waals surface area (Å²) >= 11 is 0. The van der Waals surface area contributed by atoms with Gasteiger partial charge < -0.3 is 15.5 Å². The summed E-state index contributed by atoms with van der Waals surface area (Å²) in [6.07, 6.45) is 3.05. The van der Waals surface area contributed by atoms with Gasteiger partial charge in [-0.1, -0.05) is 0 Å². The third kappa shape index (κ3) is 4.24. The molecule has 0 aromatic heterocycles. The summed E-state index contributed by atoms with van der Waals surface area (Å²) < 4.78 is 0. The van der Waals surface area contributed by atoms with Gasteiger partial charge in [0.15, 0.2) is 0 Å². The summed E-state index contributed by atoms with van der Waals surface area (Å²) in [6, 6.07) is 6.73. The number of carbonyl (C=O) groups is 1. The van der Waals surface area contributed by atoms with Gasteiger partial charge in [0.25, 0.3) is 0 Å². The van der Waals surface area contributed by atoms with E-state index in [1.54, 1.807) is 0 Å². The fourth-order valence-corrected chi connectivity index (χ4v) is 1.96. The van der Waals surface area contributed by atoms with Crippen LogP contribution >= 0.6 is 0 Å². The number of hydrogen-bond acceptors (Lipinski definition) is 3. The van der Waals surface area contributed by atoms with Gasteiger partial charge in [-0.15, -0.1) is 0 Å². The van der Waals surface area contributed by atoms with Crippen LogP contribution in [0.5, 0.6) is 0 Å². The maximum absolute atomic E-state index is 11.8. The first-order valence-corrected chi connectivity index (χ1v) is 6.87. The van der Waals surface area contributed by atoms with E-state index in [4.69, 9.17) is 0 Å². The Kier molecular flexibility index (Phi) is 4.43. The van der Waals surface area contributed by atoms with E-state index in [0.29, 0.717) is 12.5 Å². The number of benzene rings is 1. The molecule has 0 atom stereocenters. The van der Waals surface area contributed by atoms with Crippen molar-refractivity contribution in [3.05, 3.63) is 23.8 Å². The average Bonchev–Trinajstić information content (AvgIpc) is 3.15. The minimum Gasteiger partial charge on any atom is -0.378 e. The van der Waals surface area contributed by atoms with Gasteiger partial charge in [0, 0.05) is 44.5 Å². The summed E-state index contributed by atoms with van der Waals surface area (Å²) in [7, 11) is 4.02.